The molecule has 37 heavy (non-hydrogen) atoms. The average Bonchev–Trinajstić information content (AvgIpc) is 3.13. The summed E-state index contributed by atoms with van der Waals surface area (Å²) in [6.45, 7) is 4.05. The molecule has 3 aromatic carbocycles. The highest BCUT2D eigenvalue weighted by Gasteiger charge is 2.35. The lowest BCUT2D eigenvalue weighted by molar-refractivity contribution is -0.123. The molecule has 0 aliphatic carbocycles. The molecule has 3 amide bonds. The average molecular weight is 537 g/mol. The van der Waals surface area contributed by atoms with Gasteiger partial charge < -0.3 is 14.8 Å². The van der Waals surface area contributed by atoms with Gasteiger partial charge in [-0.15, -0.1) is 0 Å². The molecule has 9 heteroatoms. The van der Waals surface area contributed by atoms with Crippen molar-refractivity contribution in [3.05, 3.63) is 93.3 Å². The van der Waals surface area contributed by atoms with E-state index < -0.39 is 0 Å². The van der Waals surface area contributed by atoms with Crippen LogP contribution in [0, 0.1) is 6.92 Å². The summed E-state index contributed by atoms with van der Waals surface area (Å²) in [4.78, 5) is 39.3. The molecule has 0 radical (unpaired) electrons. The third-order valence-corrected chi connectivity index (χ3v) is 6.56. The van der Waals surface area contributed by atoms with E-state index >= 15 is 0 Å². The van der Waals surface area contributed by atoms with Gasteiger partial charge in [0, 0.05) is 5.69 Å². The number of amides is 3. The van der Waals surface area contributed by atoms with E-state index in [2.05, 4.69) is 5.32 Å². The van der Waals surface area contributed by atoms with E-state index in [0.29, 0.717) is 23.6 Å². The first-order chi connectivity index (χ1) is 17.8. The van der Waals surface area contributed by atoms with Crippen LogP contribution in [0.5, 0.6) is 11.5 Å². The number of benzene rings is 3. The Morgan fingerprint density at radius 3 is 2.49 bits per heavy atom. The maximum absolute atomic E-state index is 13.0. The summed E-state index contributed by atoms with van der Waals surface area (Å²) < 4.78 is 11.4. The zero-order chi connectivity index (χ0) is 26.4. The molecule has 1 heterocycles. The molecule has 0 aromatic heterocycles. The van der Waals surface area contributed by atoms with Gasteiger partial charge in [0.05, 0.1) is 23.1 Å². The van der Waals surface area contributed by atoms with E-state index in [9.17, 15) is 14.4 Å². The van der Waals surface area contributed by atoms with Crippen LogP contribution in [0.15, 0.2) is 71.6 Å². The second-order valence-corrected chi connectivity index (χ2v) is 9.62. The lowest BCUT2D eigenvalue weighted by Gasteiger charge is -2.15. The van der Waals surface area contributed by atoms with Gasteiger partial charge in [-0.2, -0.15) is 0 Å². The van der Waals surface area contributed by atoms with Gasteiger partial charge >= 0.3 is 0 Å². The standard InChI is InChI=1S/C28H25ClN2O5S/c1-3-35-23-14-20(13-22(29)26(23)36-17-25(32)30-21-7-5-4-6-8-21)15-24-27(33)31(28(34)37-24)16-19-11-9-18(2)10-12-19/h4-15H,3,16-17H2,1-2H3,(H,30,32)/b24-15-. The Labute approximate surface area is 224 Å². The largest absolute Gasteiger partial charge is 0.490 e. The van der Waals surface area contributed by atoms with Crippen LogP contribution in [0.3, 0.4) is 0 Å². The van der Waals surface area contributed by atoms with E-state index in [0.717, 1.165) is 22.9 Å². The monoisotopic (exact) mass is 536 g/mol. The summed E-state index contributed by atoms with van der Waals surface area (Å²) in [7, 11) is 0. The smallest absolute Gasteiger partial charge is 0.293 e. The summed E-state index contributed by atoms with van der Waals surface area (Å²) >= 11 is 7.35. The fourth-order valence-electron chi connectivity index (χ4n) is 3.59. The third kappa shape index (κ3) is 6.72. The molecule has 1 aliphatic rings. The summed E-state index contributed by atoms with van der Waals surface area (Å²) in [6, 6.07) is 20.0. The van der Waals surface area contributed by atoms with E-state index in [1.54, 1.807) is 30.3 Å². The Morgan fingerprint density at radius 1 is 1.05 bits per heavy atom. The normalized spacial score (nSPS) is 14.2. The van der Waals surface area contributed by atoms with Crippen LogP contribution in [0.25, 0.3) is 6.08 Å². The van der Waals surface area contributed by atoms with Crippen molar-refractivity contribution < 1.29 is 23.9 Å². The van der Waals surface area contributed by atoms with Crippen LogP contribution in [0.1, 0.15) is 23.6 Å². The predicted octanol–water partition coefficient (Wildman–Crippen LogP) is 6.30. The van der Waals surface area contributed by atoms with Crippen LogP contribution in [-0.2, 0) is 16.1 Å². The number of carbonyl (C=O) groups excluding carboxylic acids is 3. The number of imide groups is 1. The van der Waals surface area contributed by atoms with Gasteiger partial charge in [0.1, 0.15) is 0 Å². The SMILES string of the molecule is CCOc1cc(/C=C2\SC(=O)N(Cc3ccc(C)cc3)C2=O)cc(Cl)c1OCC(=O)Nc1ccccc1. The minimum absolute atomic E-state index is 0.199. The molecule has 1 aliphatic heterocycles. The Balaban J connectivity index is 1.49. The second kappa shape index (κ2) is 12.0. The number of hydrogen-bond acceptors (Lipinski definition) is 6. The minimum atomic E-state index is -0.373. The molecule has 0 saturated carbocycles. The number of nitrogens with one attached hydrogen (secondary N) is 1. The van der Waals surface area contributed by atoms with Crippen molar-refractivity contribution in [3.63, 3.8) is 0 Å². The van der Waals surface area contributed by atoms with Crippen molar-refractivity contribution >= 4 is 52.2 Å². The number of halogens is 1. The lowest BCUT2D eigenvalue weighted by Crippen LogP contribution is -2.27. The van der Waals surface area contributed by atoms with Crippen LogP contribution < -0.4 is 14.8 Å². The molecule has 0 bridgehead atoms. The number of thioether (sulfide) groups is 1. The van der Waals surface area contributed by atoms with Gasteiger partial charge in [-0.1, -0.05) is 59.6 Å². The fraction of sp³-hybridized carbons (Fsp3) is 0.179. The maximum atomic E-state index is 13.0. The molecule has 190 valence electrons. The fourth-order valence-corrected chi connectivity index (χ4v) is 4.71. The molecule has 1 N–H and O–H groups in total. The highest BCUT2D eigenvalue weighted by Crippen LogP contribution is 2.39. The quantitative estimate of drug-likeness (QED) is 0.323. The van der Waals surface area contributed by atoms with Gasteiger partial charge in [-0.3, -0.25) is 19.3 Å². The number of carbonyl (C=O) groups is 3. The number of para-hydroxylation sites is 1. The molecule has 0 atom stereocenters. The minimum Gasteiger partial charge on any atom is -0.490 e. The molecule has 0 spiro atoms. The number of nitrogens with zero attached hydrogens (tertiary/aromatic N) is 1. The molecule has 3 aromatic rings. The highest BCUT2D eigenvalue weighted by molar-refractivity contribution is 8.18. The number of anilines is 1. The Hall–Kier alpha value is -3.75. The van der Waals surface area contributed by atoms with E-state index in [-0.39, 0.29) is 45.9 Å². The first kappa shape index (κ1) is 26.3. The zero-order valence-electron chi connectivity index (χ0n) is 20.3. The molecule has 0 unspecified atom stereocenters. The number of aryl methyl sites for hydroxylation is 1. The van der Waals surface area contributed by atoms with Crippen LogP contribution in [0.2, 0.25) is 5.02 Å². The Morgan fingerprint density at radius 2 is 1.78 bits per heavy atom. The predicted molar refractivity (Wildman–Crippen MR) is 146 cm³/mol. The van der Waals surface area contributed by atoms with Gasteiger partial charge in [-0.25, -0.2) is 0 Å². The third-order valence-electron chi connectivity index (χ3n) is 5.37. The lowest BCUT2D eigenvalue weighted by atomic mass is 10.1. The van der Waals surface area contributed by atoms with Crippen molar-refractivity contribution in [2.24, 2.45) is 0 Å². The Kier molecular flexibility index (Phi) is 8.53. The first-order valence-electron chi connectivity index (χ1n) is 11.6. The summed E-state index contributed by atoms with van der Waals surface area (Å²) in [6.07, 6.45) is 1.60. The highest BCUT2D eigenvalue weighted by atomic mass is 35.5. The molecule has 7 nitrogen and oxygen atoms in total. The first-order valence-corrected chi connectivity index (χ1v) is 12.8. The van der Waals surface area contributed by atoms with E-state index in [1.165, 1.54) is 4.90 Å². The molecule has 4 rings (SSSR count). The number of ether oxygens (including phenoxy) is 2. The zero-order valence-corrected chi connectivity index (χ0v) is 21.9. The summed E-state index contributed by atoms with van der Waals surface area (Å²) in [5, 5.41) is 2.62. The van der Waals surface area contributed by atoms with Crippen molar-refractivity contribution in [2.45, 2.75) is 20.4 Å². The Bertz CT molecular complexity index is 1340. The van der Waals surface area contributed by atoms with Gasteiger partial charge in [0.25, 0.3) is 17.1 Å². The van der Waals surface area contributed by atoms with Crippen molar-refractivity contribution in [1.82, 2.24) is 4.90 Å². The van der Waals surface area contributed by atoms with Crippen molar-refractivity contribution in [2.75, 3.05) is 18.5 Å². The maximum Gasteiger partial charge on any atom is 0.293 e. The number of hydrogen-bond donors (Lipinski definition) is 1. The van der Waals surface area contributed by atoms with E-state index in [4.69, 9.17) is 21.1 Å². The van der Waals surface area contributed by atoms with Crippen LogP contribution in [-0.4, -0.2) is 35.2 Å². The topological polar surface area (TPSA) is 84.9 Å². The van der Waals surface area contributed by atoms with Crippen LogP contribution in [0.4, 0.5) is 10.5 Å². The number of rotatable bonds is 9. The van der Waals surface area contributed by atoms with Gasteiger partial charge in [0.2, 0.25) is 0 Å². The molecule has 1 saturated heterocycles. The van der Waals surface area contributed by atoms with Crippen molar-refractivity contribution in [3.8, 4) is 11.5 Å². The van der Waals surface area contributed by atoms with Gasteiger partial charge in [-0.05, 0) is 67.1 Å². The van der Waals surface area contributed by atoms with Gasteiger partial charge in [0.15, 0.2) is 18.1 Å². The van der Waals surface area contributed by atoms with E-state index in [1.807, 2.05) is 56.3 Å². The van der Waals surface area contributed by atoms with Crippen molar-refractivity contribution in [1.29, 1.82) is 0 Å². The second-order valence-electron chi connectivity index (χ2n) is 8.22. The summed E-state index contributed by atoms with van der Waals surface area (Å²) in [5.74, 6) is -0.178. The van der Waals surface area contributed by atoms with Crippen LogP contribution >= 0.6 is 23.4 Å². The molecular weight excluding hydrogens is 512 g/mol. The molecular formula is C28H25ClN2O5S. The summed E-state index contributed by atoms with van der Waals surface area (Å²) in [5.41, 5.74) is 3.19. The molecule has 1 fully saturated rings.